The summed E-state index contributed by atoms with van der Waals surface area (Å²) in [7, 11) is 1.56. The lowest BCUT2D eigenvalue weighted by Crippen LogP contribution is -2.18. The number of hydrogen-bond donors (Lipinski definition) is 2. The number of hydrogen-bond acceptors (Lipinski definition) is 5. The van der Waals surface area contributed by atoms with Gasteiger partial charge in [-0.25, -0.2) is 4.79 Å². The Kier molecular flexibility index (Phi) is 2.94. The number of aromatic nitrogens is 2. The van der Waals surface area contributed by atoms with Gasteiger partial charge in [-0.1, -0.05) is 11.3 Å². The maximum atomic E-state index is 10.4. The molecule has 0 aliphatic rings. The average molecular weight is 188 g/mol. The van der Waals surface area contributed by atoms with Crippen LogP contribution in [0.1, 0.15) is 5.01 Å². The molecule has 0 radical (unpaired) electrons. The normalized spacial score (nSPS) is 9.75. The number of rotatable bonds is 3. The number of nitrogens with zero attached hydrogens (tertiary/aromatic N) is 2. The molecule has 0 aromatic carbocycles. The van der Waals surface area contributed by atoms with E-state index in [1.54, 1.807) is 7.11 Å². The van der Waals surface area contributed by atoms with Crippen LogP contribution in [0, 0.1) is 0 Å². The van der Waals surface area contributed by atoms with Crippen LogP contribution < -0.4 is 11.1 Å². The van der Waals surface area contributed by atoms with Gasteiger partial charge in [0.05, 0.1) is 0 Å². The Bertz CT molecular complexity index is 274. The minimum absolute atomic E-state index is 0.384. The molecule has 0 spiro atoms. The predicted octanol–water partition coefficient (Wildman–Crippen LogP) is 0.175. The Morgan fingerprint density at radius 3 is 3.08 bits per heavy atom. The maximum absolute atomic E-state index is 10.4. The summed E-state index contributed by atoms with van der Waals surface area (Å²) in [6, 6.07) is -0.643. The maximum Gasteiger partial charge on any atom is 0.318 e. The standard InChI is InChI=1S/C5H8N4O2S/c1-11-2-3-8-9-5(12-3)7-4(6)10/h2H2,1H3,(H3,6,7,9,10). The van der Waals surface area contributed by atoms with Crippen molar-refractivity contribution in [2.45, 2.75) is 6.61 Å². The Labute approximate surface area is 72.7 Å². The second-order valence-electron chi connectivity index (χ2n) is 1.92. The zero-order chi connectivity index (χ0) is 8.97. The van der Waals surface area contributed by atoms with Crippen molar-refractivity contribution < 1.29 is 9.53 Å². The third kappa shape index (κ3) is 2.44. The lowest BCUT2D eigenvalue weighted by Gasteiger charge is -1.90. The van der Waals surface area contributed by atoms with Gasteiger partial charge in [0.25, 0.3) is 0 Å². The molecule has 1 aromatic rings. The number of ether oxygens (including phenoxy) is 1. The van der Waals surface area contributed by atoms with Crippen molar-refractivity contribution in [2.24, 2.45) is 5.73 Å². The molecule has 0 saturated carbocycles. The summed E-state index contributed by atoms with van der Waals surface area (Å²) >= 11 is 1.23. The molecule has 0 fully saturated rings. The van der Waals surface area contributed by atoms with Gasteiger partial charge in [-0.2, -0.15) is 0 Å². The number of primary amides is 1. The smallest absolute Gasteiger partial charge is 0.318 e. The number of methoxy groups -OCH3 is 1. The molecule has 2 amide bonds. The topological polar surface area (TPSA) is 90.1 Å². The predicted molar refractivity (Wildman–Crippen MR) is 43.8 cm³/mol. The number of nitrogens with two attached hydrogens (primary N) is 1. The zero-order valence-corrected chi connectivity index (χ0v) is 7.22. The molecular weight excluding hydrogens is 180 g/mol. The fourth-order valence-corrected chi connectivity index (χ4v) is 1.31. The van der Waals surface area contributed by atoms with Crippen molar-refractivity contribution >= 4 is 22.5 Å². The summed E-state index contributed by atoms with van der Waals surface area (Å²) in [6.07, 6.45) is 0. The molecule has 7 heteroatoms. The molecule has 1 heterocycles. The minimum Gasteiger partial charge on any atom is -0.377 e. The SMILES string of the molecule is COCc1nnc(NC(N)=O)s1. The lowest BCUT2D eigenvalue weighted by atomic mass is 10.8. The summed E-state index contributed by atoms with van der Waals surface area (Å²) in [6.45, 7) is 0.387. The van der Waals surface area contributed by atoms with Crippen LogP contribution in [0.3, 0.4) is 0 Å². The van der Waals surface area contributed by atoms with Gasteiger partial charge in [0.15, 0.2) is 0 Å². The van der Waals surface area contributed by atoms with E-state index in [4.69, 9.17) is 10.5 Å². The fourth-order valence-electron chi connectivity index (χ4n) is 0.591. The summed E-state index contributed by atoms with van der Waals surface area (Å²) < 4.78 is 4.81. The Hall–Kier alpha value is -1.21. The molecule has 0 aliphatic carbocycles. The highest BCUT2D eigenvalue weighted by Gasteiger charge is 2.04. The van der Waals surface area contributed by atoms with E-state index in [0.717, 1.165) is 0 Å². The van der Waals surface area contributed by atoms with Crippen LogP contribution in [0.15, 0.2) is 0 Å². The van der Waals surface area contributed by atoms with Crippen LogP contribution in [0.2, 0.25) is 0 Å². The largest absolute Gasteiger partial charge is 0.377 e. The number of anilines is 1. The first-order valence-corrected chi connectivity index (χ1v) is 3.92. The molecule has 3 N–H and O–H groups in total. The molecule has 0 aliphatic heterocycles. The van der Waals surface area contributed by atoms with Crippen LogP contribution in [0.25, 0.3) is 0 Å². The first kappa shape index (κ1) is 8.88. The van der Waals surface area contributed by atoms with E-state index in [-0.39, 0.29) is 0 Å². The summed E-state index contributed by atoms with van der Waals surface area (Å²) in [4.78, 5) is 10.4. The second kappa shape index (κ2) is 3.98. The van der Waals surface area contributed by atoms with Crippen molar-refractivity contribution in [2.75, 3.05) is 12.4 Å². The first-order valence-electron chi connectivity index (χ1n) is 3.10. The van der Waals surface area contributed by atoms with Gasteiger partial charge in [-0.15, -0.1) is 10.2 Å². The molecule has 1 aromatic heterocycles. The van der Waals surface area contributed by atoms with E-state index in [0.29, 0.717) is 16.7 Å². The molecule has 0 saturated heterocycles. The highest BCUT2D eigenvalue weighted by Crippen LogP contribution is 2.14. The molecule has 12 heavy (non-hydrogen) atoms. The van der Waals surface area contributed by atoms with E-state index in [1.165, 1.54) is 11.3 Å². The molecule has 66 valence electrons. The Morgan fingerprint density at radius 2 is 2.50 bits per heavy atom. The van der Waals surface area contributed by atoms with E-state index in [1.807, 2.05) is 0 Å². The lowest BCUT2D eigenvalue weighted by molar-refractivity contribution is 0.184. The van der Waals surface area contributed by atoms with Crippen molar-refractivity contribution in [3.8, 4) is 0 Å². The van der Waals surface area contributed by atoms with Gasteiger partial charge in [0.1, 0.15) is 11.6 Å². The highest BCUT2D eigenvalue weighted by atomic mass is 32.1. The van der Waals surface area contributed by atoms with Gasteiger partial charge in [-0.3, -0.25) is 5.32 Å². The van der Waals surface area contributed by atoms with Crippen LogP contribution in [-0.2, 0) is 11.3 Å². The van der Waals surface area contributed by atoms with Crippen molar-refractivity contribution in [1.82, 2.24) is 10.2 Å². The fraction of sp³-hybridized carbons (Fsp3) is 0.400. The van der Waals surface area contributed by atoms with E-state index in [9.17, 15) is 4.79 Å². The Balaban J connectivity index is 2.58. The third-order valence-electron chi connectivity index (χ3n) is 0.965. The number of nitrogens with one attached hydrogen (secondary N) is 1. The molecule has 0 atom stereocenters. The van der Waals surface area contributed by atoms with Gasteiger partial charge >= 0.3 is 6.03 Å². The number of carbonyl (C=O) groups excluding carboxylic acids is 1. The van der Waals surface area contributed by atoms with Gasteiger partial charge in [-0.05, 0) is 0 Å². The molecule has 1 rings (SSSR count). The quantitative estimate of drug-likeness (QED) is 0.707. The monoisotopic (exact) mass is 188 g/mol. The molecule has 0 bridgehead atoms. The summed E-state index contributed by atoms with van der Waals surface area (Å²) in [5.41, 5.74) is 4.87. The average Bonchev–Trinajstić information content (AvgIpc) is 2.36. The van der Waals surface area contributed by atoms with Crippen molar-refractivity contribution in [3.05, 3.63) is 5.01 Å². The van der Waals surface area contributed by atoms with Gasteiger partial charge in [0.2, 0.25) is 5.13 Å². The summed E-state index contributed by atoms with van der Waals surface area (Å²) in [5, 5.41) is 10.8. The van der Waals surface area contributed by atoms with Crippen LogP contribution in [0.4, 0.5) is 9.93 Å². The Morgan fingerprint density at radius 1 is 1.75 bits per heavy atom. The van der Waals surface area contributed by atoms with E-state index < -0.39 is 6.03 Å². The molecule has 6 nitrogen and oxygen atoms in total. The minimum atomic E-state index is -0.643. The van der Waals surface area contributed by atoms with Crippen molar-refractivity contribution in [3.63, 3.8) is 0 Å². The van der Waals surface area contributed by atoms with E-state index in [2.05, 4.69) is 15.5 Å². The van der Waals surface area contributed by atoms with Crippen LogP contribution in [-0.4, -0.2) is 23.3 Å². The third-order valence-corrected chi connectivity index (χ3v) is 1.78. The summed E-state index contributed by atoms with van der Waals surface area (Å²) in [5.74, 6) is 0. The molecular formula is C5H8N4O2S. The second-order valence-corrected chi connectivity index (χ2v) is 2.99. The number of carbonyl (C=O) groups is 1. The van der Waals surface area contributed by atoms with E-state index >= 15 is 0 Å². The highest BCUT2D eigenvalue weighted by molar-refractivity contribution is 7.15. The van der Waals surface area contributed by atoms with Gasteiger partial charge in [0, 0.05) is 7.11 Å². The number of amides is 2. The van der Waals surface area contributed by atoms with Crippen LogP contribution in [0.5, 0.6) is 0 Å². The van der Waals surface area contributed by atoms with Gasteiger partial charge < -0.3 is 10.5 Å². The first-order chi connectivity index (χ1) is 5.72. The molecule has 0 unspecified atom stereocenters. The van der Waals surface area contributed by atoms with Crippen molar-refractivity contribution in [1.29, 1.82) is 0 Å². The number of urea groups is 1. The van der Waals surface area contributed by atoms with Crippen LogP contribution >= 0.6 is 11.3 Å². The zero-order valence-electron chi connectivity index (χ0n) is 6.40.